The lowest BCUT2D eigenvalue weighted by molar-refractivity contribution is 0.536. The highest BCUT2D eigenvalue weighted by Gasteiger charge is 2.14. The van der Waals surface area contributed by atoms with Gasteiger partial charge in [-0.25, -0.2) is 13.1 Å². The standard InChI is InChI=1S/C14H24N2O2S/c1-3-4-12(2)11-19(17,18)16-10-9-13-5-7-14(15)8-6-13/h5-8,12,16H,3-4,9-11,15H2,1-2H3. The molecule has 0 bridgehead atoms. The lowest BCUT2D eigenvalue weighted by Gasteiger charge is -2.11. The monoisotopic (exact) mass is 284 g/mol. The zero-order valence-corrected chi connectivity index (χ0v) is 12.5. The van der Waals surface area contributed by atoms with Gasteiger partial charge in [-0.3, -0.25) is 0 Å². The highest BCUT2D eigenvalue weighted by Crippen LogP contribution is 2.08. The quantitative estimate of drug-likeness (QED) is 0.719. The van der Waals surface area contributed by atoms with Crippen molar-refractivity contribution in [2.24, 2.45) is 5.92 Å². The van der Waals surface area contributed by atoms with Gasteiger partial charge in [0.2, 0.25) is 10.0 Å². The normalized spacial score (nSPS) is 13.4. The summed E-state index contributed by atoms with van der Waals surface area (Å²) in [5.74, 6) is 0.418. The fraction of sp³-hybridized carbons (Fsp3) is 0.571. The molecule has 1 aromatic carbocycles. The largest absolute Gasteiger partial charge is 0.399 e. The van der Waals surface area contributed by atoms with Crippen LogP contribution in [0.4, 0.5) is 5.69 Å². The minimum Gasteiger partial charge on any atom is -0.399 e. The lowest BCUT2D eigenvalue weighted by Crippen LogP contribution is -2.30. The molecule has 4 nitrogen and oxygen atoms in total. The zero-order valence-electron chi connectivity index (χ0n) is 11.7. The van der Waals surface area contributed by atoms with E-state index in [1.165, 1.54) is 0 Å². The van der Waals surface area contributed by atoms with Crippen LogP contribution in [-0.2, 0) is 16.4 Å². The fourth-order valence-corrected chi connectivity index (χ4v) is 3.49. The maximum atomic E-state index is 11.8. The third-order valence-corrected chi connectivity index (χ3v) is 4.65. The Bertz CT molecular complexity index is 469. The van der Waals surface area contributed by atoms with Crippen LogP contribution in [0.2, 0.25) is 0 Å². The number of hydrogen-bond donors (Lipinski definition) is 2. The molecule has 0 aliphatic rings. The number of nitrogens with one attached hydrogen (secondary N) is 1. The molecule has 0 aromatic heterocycles. The van der Waals surface area contributed by atoms with Crippen LogP contribution in [0.25, 0.3) is 0 Å². The van der Waals surface area contributed by atoms with Crippen LogP contribution in [0.3, 0.4) is 0 Å². The summed E-state index contributed by atoms with van der Waals surface area (Å²) in [7, 11) is -3.16. The Morgan fingerprint density at radius 3 is 2.47 bits per heavy atom. The summed E-state index contributed by atoms with van der Waals surface area (Å²) in [6.45, 7) is 4.48. The maximum Gasteiger partial charge on any atom is 0.211 e. The molecule has 1 rings (SSSR count). The van der Waals surface area contributed by atoms with Crippen LogP contribution in [0.15, 0.2) is 24.3 Å². The molecule has 0 spiro atoms. The molecule has 0 aliphatic heterocycles. The minimum absolute atomic E-state index is 0.207. The summed E-state index contributed by atoms with van der Waals surface area (Å²) in [5, 5.41) is 0. The van der Waals surface area contributed by atoms with Crippen molar-refractivity contribution in [1.29, 1.82) is 0 Å². The van der Waals surface area contributed by atoms with Gasteiger partial charge in [-0.05, 0) is 36.5 Å². The van der Waals surface area contributed by atoms with Crippen LogP contribution in [-0.4, -0.2) is 20.7 Å². The van der Waals surface area contributed by atoms with E-state index in [-0.39, 0.29) is 11.7 Å². The molecule has 1 unspecified atom stereocenters. The number of nitrogen functional groups attached to an aromatic ring is 1. The van der Waals surface area contributed by atoms with Crippen LogP contribution in [0, 0.1) is 5.92 Å². The van der Waals surface area contributed by atoms with Gasteiger partial charge in [0, 0.05) is 12.2 Å². The predicted octanol–water partition coefficient (Wildman–Crippen LogP) is 2.17. The van der Waals surface area contributed by atoms with Gasteiger partial charge in [0.1, 0.15) is 0 Å². The van der Waals surface area contributed by atoms with Gasteiger partial charge >= 0.3 is 0 Å². The average molecular weight is 284 g/mol. The summed E-state index contributed by atoms with van der Waals surface area (Å²) in [6, 6.07) is 7.49. The van der Waals surface area contributed by atoms with Crippen molar-refractivity contribution < 1.29 is 8.42 Å². The second kappa shape index (κ2) is 7.50. The lowest BCUT2D eigenvalue weighted by atomic mass is 10.1. The van der Waals surface area contributed by atoms with Crippen LogP contribution in [0.1, 0.15) is 32.3 Å². The number of rotatable bonds is 8. The van der Waals surface area contributed by atoms with E-state index in [0.29, 0.717) is 13.0 Å². The third kappa shape index (κ3) is 6.59. The minimum atomic E-state index is -3.16. The number of nitrogens with two attached hydrogens (primary N) is 1. The highest BCUT2D eigenvalue weighted by atomic mass is 32.2. The van der Waals surface area contributed by atoms with Crippen molar-refractivity contribution in [3.05, 3.63) is 29.8 Å². The third-order valence-electron chi connectivity index (χ3n) is 3.00. The number of hydrogen-bond acceptors (Lipinski definition) is 3. The fourth-order valence-electron chi connectivity index (χ4n) is 2.04. The molecule has 0 amide bonds. The first-order valence-electron chi connectivity index (χ1n) is 6.74. The second-order valence-electron chi connectivity index (χ2n) is 5.06. The first-order valence-corrected chi connectivity index (χ1v) is 8.40. The summed E-state index contributed by atoms with van der Waals surface area (Å²) >= 11 is 0. The van der Waals surface area contributed by atoms with Gasteiger partial charge in [-0.1, -0.05) is 32.4 Å². The van der Waals surface area contributed by atoms with Gasteiger partial charge in [0.25, 0.3) is 0 Å². The Balaban J connectivity index is 2.37. The van der Waals surface area contributed by atoms with Crippen molar-refractivity contribution in [3.63, 3.8) is 0 Å². The molecule has 0 aliphatic carbocycles. The Hall–Kier alpha value is -1.07. The topological polar surface area (TPSA) is 72.2 Å². The average Bonchev–Trinajstić information content (AvgIpc) is 2.31. The first-order chi connectivity index (χ1) is 8.93. The number of anilines is 1. The van der Waals surface area contributed by atoms with E-state index in [0.717, 1.165) is 24.1 Å². The Kier molecular flexibility index (Phi) is 6.31. The van der Waals surface area contributed by atoms with E-state index in [1.807, 2.05) is 31.2 Å². The first kappa shape index (κ1) is 16.0. The van der Waals surface area contributed by atoms with E-state index in [9.17, 15) is 8.42 Å². The van der Waals surface area contributed by atoms with Gasteiger partial charge in [-0.2, -0.15) is 0 Å². The van der Waals surface area contributed by atoms with Gasteiger partial charge < -0.3 is 5.73 Å². The molecule has 1 atom stereocenters. The Morgan fingerprint density at radius 1 is 1.26 bits per heavy atom. The molecule has 0 saturated heterocycles. The van der Waals surface area contributed by atoms with Crippen molar-refractivity contribution in [2.75, 3.05) is 18.0 Å². The summed E-state index contributed by atoms with van der Waals surface area (Å²) < 4.78 is 26.3. The van der Waals surface area contributed by atoms with Crippen molar-refractivity contribution in [1.82, 2.24) is 4.72 Å². The maximum absolute atomic E-state index is 11.8. The van der Waals surface area contributed by atoms with E-state index >= 15 is 0 Å². The SMILES string of the molecule is CCCC(C)CS(=O)(=O)NCCc1ccc(N)cc1. The number of benzene rings is 1. The van der Waals surface area contributed by atoms with Gasteiger partial charge in [-0.15, -0.1) is 0 Å². The van der Waals surface area contributed by atoms with Crippen LogP contribution in [0.5, 0.6) is 0 Å². The van der Waals surface area contributed by atoms with E-state index in [4.69, 9.17) is 5.73 Å². The molecule has 3 N–H and O–H groups in total. The second-order valence-corrected chi connectivity index (χ2v) is 6.91. The summed E-state index contributed by atoms with van der Waals surface area (Å²) in [4.78, 5) is 0. The molecular weight excluding hydrogens is 260 g/mol. The zero-order chi connectivity index (χ0) is 14.3. The van der Waals surface area contributed by atoms with E-state index < -0.39 is 10.0 Å². The molecule has 1 aromatic rings. The molecule has 19 heavy (non-hydrogen) atoms. The molecule has 0 radical (unpaired) electrons. The highest BCUT2D eigenvalue weighted by molar-refractivity contribution is 7.89. The van der Waals surface area contributed by atoms with Crippen LogP contribution < -0.4 is 10.5 Å². The van der Waals surface area contributed by atoms with Gasteiger partial charge in [0.15, 0.2) is 0 Å². The molecule has 5 heteroatoms. The molecule has 0 fully saturated rings. The number of sulfonamides is 1. The van der Waals surface area contributed by atoms with Crippen molar-refractivity contribution in [3.8, 4) is 0 Å². The van der Waals surface area contributed by atoms with E-state index in [1.54, 1.807) is 0 Å². The summed E-state index contributed by atoms with van der Waals surface area (Å²) in [6.07, 6.45) is 2.64. The van der Waals surface area contributed by atoms with Crippen molar-refractivity contribution >= 4 is 15.7 Å². The summed E-state index contributed by atoms with van der Waals surface area (Å²) in [5.41, 5.74) is 7.40. The Labute approximate surface area is 116 Å². The molecule has 0 saturated carbocycles. The molecular formula is C14H24N2O2S. The van der Waals surface area contributed by atoms with Gasteiger partial charge in [0.05, 0.1) is 5.75 Å². The van der Waals surface area contributed by atoms with Crippen molar-refractivity contribution in [2.45, 2.75) is 33.1 Å². The van der Waals surface area contributed by atoms with Crippen LogP contribution >= 0.6 is 0 Å². The van der Waals surface area contributed by atoms with E-state index in [2.05, 4.69) is 11.6 Å². The molecule has 108 valence electrons. The Morgan fingerprint density at radius 2 is 1.89 bits per heavy atom. The predicted molar refractivity (Wildman–Crippen MR) is 80.4 cm³/mol. The smallest absolute Gasteiger partial charge is 0.211 e. The molecule has 0 heterocycles.